The van der Waals surface area contributed by atoms with Gasteiger partial charge in [-0.2, -0.15) is 5.26 Å². The summed E-state index contributed by atoms with van der Waals surface area (Å²) in [5.41, 5.74) is 8.76. The molecule has 3 rings (SSSR count). The summed E-state index contributed by atoms with van der Waals surface area (Å²) in [5, 5.41) is 17.0. The average molecular weight is 340 g/mol. The lowest BCUT2D eigenvalue weighted by atomic mass is 9.82. The summed E-state index contributed by atoms with van der Waals surface area (Å²) in [6.07, 6.45) is 1.70. The van der Waals surface area contributed by atoms with Gasteiger partial charge in [-0.1, -0.05) is 19.4 Å². The number of benzene rings is 1. The summed E-state index contributed by atoms with van der Waals surface area (Å²) >= 11 is 0. The topological polar surface area (TPSA) is 106 Å². The highest BCUT2D eigenvalue weighted by Crippen LogP contribution is 2.48. The molecule has 130 valence electrons. The predicted molar refractivity (Wildman–Crippen MR) is 91.4 cm³/mol. The number of ether oxygens (including phenoxy) is 3. The summed E-state index contributed by atoms with van der Waals surface area (Å²) in [7, 11) is 3.17. The van der Waals surface area contributed by atoms with Gasteiger partial charge in [-0.05, 0) is 18.6 Å². The molecule has 0 amide bonds. The fraction of sp³-hybridized carbons (Fsp3) is 0.333. The van der Waals surface area contributed by atoms with Gasteiger partial charge in [0.1, 0.15) is 23.1 Å². The number of nitrogens with one attached hydrogen (secondary N) is 1. The van der Waals surface area contributed by atoms with Gasteiger partial charge in [-0.3, -0.25) is 5.10 Å². The van der Waals surface area contributed by atoms with Gasteiger partial charge in [-0.25, -0.2) is 0 Å². The van der Waals surface area contributed by atoms with Crippen LogP contribution >= 0.6 is 0 Å². The third-order valence-electron chi connectivity index (χ3n) is 4.27. The van der Waals surface area contributed by atoms with Gasteiger partial charge in [0.2, 0.25) is 11.8 Å². The Morgan fingerprint density at radius 2 is 1.96 bits per heavy atom. The fourth-order valence-electron chi connectivity index (χ4n) is 3.20. The molecule has 0 radical (unpaired) electrons. The maximum absolute atomic E-state index is 9.72. The number of rotatable bonds is 5. The van der Waals surface area contributed by atoms with Gasteiger partial charge in [0, 0.05) is 11.3 Å². The summed E-state index contributed by atoms with van der Waals surface area (Å²) in [5.74, 6) is 1.18. The molecular formula is C18H20N4O3. The number of aromatic amines is 1. The van der Waals surface area contributed by atoms with Crippen LogP contribution in [0.1, 0.15) is 36.1 Å². The molecule has 1 atom stereocenters. The van der Waals surface area contributed by atoms with E-state index in [1.165, 1.54) is 0 Å². The minimum absolute atomic E-state index is 0.0440. The smallest absolute Gasteiger partial charge is 0.244 e. The molecule has 2 heterocycles. The first kappa shape index (κ1) is 16.7. The van der Waals surface area contributed by atoms with Crippen molar-refractivity contribution in [3.63, 3.8) is 0 Å². The molecule has 0 bridgehead atoms. The molecule has 7 heteroatoms. The molecular weight excluding hydrogens is 320 g/mol. The summed E-state index contributed by atoms with van der Waals surface area (Å²) in [6, 6.07) is 7.68. The molecule has 0 aliphatic carbocycles. The number of nitrogens with zero attached hydrogens (tertiary/aromatic N) is 2. The summed E-state index contributed by atoms with van der Waals surface area (Å²) in [4.78, 5) is 0. The second-order valence-corrected chi connectivity index (χ2v) is 5.67. The zero-order valence-electron chi connectivity index (χ0n) is 14.4. The first-order valence-corrected chi connectivity index (χ1v) is 8.01. The third kappa shape index (κ3) is 2.66. The molecule has 7 nitrogen and oxygen atoms in total. The molecule has 0 fully saturated rings. The lowest BCUT2D eigenvalue weighted by molar-refractivity contribution is 0.365. The highest BCUT2D eigenvalue weighted by atomic mass is 16.5. The highest BCUT2D eigenvalue weighted by Gasteiger charge is 2.38. The molecule has 3 N–H and O–H groups in total. The van der Waals surface area contributed by atoms with E-state index in [1.54, 1.807) is 14.2 Å². The number of hydrogen-bond donors (Lipinski definition) is 2. The van der Waals surface area contributed by atoms with E-state index in [0.717, 1.165) is 29.7 Å². The van der Waals surface area contributed by atoms with Crippen molar-refractivity contribution >= 4 is 0 Å². The van der Waals surface area contributed by atoms with Gasteiger partial charge in [0.15, 0.2) is 0 Å². The van der Waals surface area contributed by atoms with E-state index in [0.29, 0.717) is 23.0 Å². The number of aryl methyl sites for hydroxylation is 1. The van der Waals surface area contributed by atoms with Gasteiger partial charge >= 0.3 is 0 Å². The average Bonchev–Trinajstić information content (AvgIpc) is 3.02. The minimum Gasteiger partial charge on any atom is -0.496 e. The van der Waals surface area contributed by atoms with Crippen molar-refractivity contribution in [1.82, 2.24) is 10.2 Å². The zero-order valence-corrected chi connectivity index (χ0v) is 14.4. The Balaban J connectivity index is 2.31. The summed E-state index contributed by atoms with van der Waals surface area (Å²) < 4.78 is 16.6. The fourth-order valence-corrected chi connectivity index (χ4v) is 3.20. The van der Waals surface area contributed by atoms with E-state index >= 15 is 0 Å². The SMILES string of the molecule is CCCc1[nH]nc2c1[C@@H](c1c(OC)cccc1OC)C(C#N)=C(N)O2. The standard InChI is InChI=1S/C18H20N4O3/c1-4-6-11-15-14(10(9-19)17(20)25-18(15)22-21-11)16-12(23-2)7-5-8-13(16)24-3/h5,7-8,14H,4,6,20H2,1-3H3,(H,21,22)/t14-/m0/s1. The van der Waals surface area contributed by atoms with E-state index in [1.807, 2.05) is 18.2 Å². The van der Waals surface area contributed by atoms with Crippen LogP contribution in [-0.4, -0.2) is 24.4 Å². The van der Waals surface area contributed by atoms with Crippen molar-refractivity contribution in [2.24, 2.45) is 5.73 Å². The van der Waals surface area contributed by atoms with E-state index in [-0.39, 0.29) is 5.88 Å². The van der Waals surface area contributed by atoms with Crippen molar-refractivity contribution in [1.29, 1.82) is 5.26 Å². The maximum atomic E-state index is 9.72. The number of hydrogen-bond acceptors (Lipinski definition) is 6. The normalized spacial score (nSPS) is 16.0. The Labute approximate surface area is 146 Å². The molecule has 0 unspecified atom stereocenters. The van der Waals surface area contributed by atoms with E-state index in [2.05, 4.69) is 23.2 Å². The number of allylic oxidation sites excluding steroid dienone is 1. The van der Waals surface area contributed by atoms with Crippen LogP contribution in [0.3, 0.4) is 0 Å². The molecule has 1 aromatic carbocycles. The Hall–Kier alpha value is -3.14. The molecule has 1 aromatic heterocycles. The first-order chi connectivity index (χ1) is 12.2. The predicted octanol–water partition coefficient (Wildman–Crippen LogP) is 2.60. The number of methoxy groups -OCH3 is 2. The van der Waals surface area contributed by atoms with Crippen molar-refractivity contribution in [2.75, 3.05) is 14.2 Å². The highest BCUT2D eigenvalue weighted by molar-refractivity contribution is 5.62. The Bertz CT molecular complexity index is 841. The van der Waals surface area contributed by atoms with Crippen LogP contribution in [0.15, 0.2) is 29.7 Å². The van der Waals surface area contributed by atoms with Crippen LogP contribution in [0.25, 0.3) is 0 Å². The molecule has 0 spiro atoms. The number of nitriles is 1. The lowest BCUT2D eigenvalue weighted by Crippen LogP contribution is -2.22. The molecule has 25 heavy (non-hydrogen) atoms. The monoisotopic (exact) mass is 340 g/mol. The Kier molecular flexibility index (Phi) is 4.52. The molecule has 0 saturated heterocycles. The maximum Gasteiger partial charge on any atom is 0.244 e. The molecule has 1 aliphatic rings. The summed E-state index contributed by atoms with van der Waals surface area (Å²) in [6.45, 7) is 2.07. The number of nitrogens with two attached hydrogens (primary N) is 1. The minimum atomic E-state index is -0.472. The molecule has 2 aromatic rings. The van der Waals surface area contributed by atoms with Crippen molar-refractivity contribution in [3.05, 3.63) is 46.5 Å². The van der Waals surface area contributed by atoms with Crippen LogP contribution in [0.4, 0.5) is 0 Å². The van der Waals surface area contributed by atoms with Gasteiger partial charge < -0.3 is 19.9 Å². The van der Waals surface area contributed by atoms with E-state index < -0.39 is 5.92 Å². The van der Waals surface area contributed by atoms with Crippen molar-refractivity contribution < 1.29 is 14.2 Å². The molecule has 0 saturated carbocycles. The largest absolute Gasteiger partial charge is 0.496 e. The quantitative estimate of drug-likeness (QED) is 0.866. The Morgan fingerprint density at radius 3 is 2.52 bits per heavy atom. The lowest BCUT2D eigenvalue weighted by Gasteiger charge is -2.26. The second-order valence-electron chi connectivity index (χ2n) is 5.67. The second kappa shape index (κ2) is 6.77. The number of fused-ring (bicyclic) bond motifs is 1. The van der Waals surface area contributed by atoms with Crippen LogP contribution in [-0.2, 0) is 6.42 Å². The van der Waals surface area contributed by atoms with Gasteiger partial charge in [-0.15, -0.1) is 5.10 Å². The van der Waals surface area contributed by atoms with Crippen LogP contribution in [0.5, 0.6) is 17.4 Å². The van der Waals surface area contributed by atoms with Crippen LogP contribution in [0.2, 0.25) is 0 Å². The number of H-pyrrole nitrogens is 1. The number of aromatic nitrogens is 2. The Morgan fingerprint density at radius 1 is 1.28 bits per heavy atom. The van der Waals surface area contributed by atoms with Crippen molar-refractivity contribution in [3.8, 4) is 23.4 Å². The van der Waals surface area contributed by atoms with Gasteiger partial charge in [0.25, 0.3) is 0 Å². The third-order valence-corrected chi connectivity index (χ3v) is 4.27. The van der Waals surface area contributed by atoms with Gasteiger partial charge in [0.05, 0.1) is 25.7 Å². The van der Waals surface area contributed by atoms with E-state index in [4.69, 9.17) is 19.9 Å². The van der Waals surface area contributed by atoms with Crippen LogP contribution in [0, 0.1) is 11.3 Å². The van der Waals surface area contributed by atoms with Crippen molar-refractivity contribution in [2.45, 2.75) is 25.7 Å². The molecule has 1 aliphatic heterocycles. The van der Waals surface area contributed by atoms with E-state index in [9.17, 15) is 5.26 Å². The van der Waals surface area contributed by atoms with Crippen LogP contribution < -0.4 is 19.9 Å². The first-order valence-electron chi connectivity index (χ1n) is 8.01. The zero-order chi connectivity index (χ0) is 18.0.